The first-order valence-electron chi connectivity index (χ1n) is 14.4. The molecule has 1 aromatic heterocycles. The van der Waals surface area contributed by atoms with Crippen LogP contribution in [0.5, 0.6) is 0 Å². The van der Waals surface area contributed by atoms with Crippen molar-refractivity contribution in [1.82, 2.24) is 15.2 Å². The van der Waals surface area contributed by atoms with Gasteiger partial charge in [-0.25, -0.2) is 4.79 Å². The summed E-state index contributed by atoms with van der Waals surface area (Å²) in [4.78, 5) is 20.4. The van der Waals surface area contributed by atoms with Gasteiger partial charge in [-0.15, -0.1) is 0 Å². The molecule has 5 nitrogen and oxygen atoms in total. The Morgan fingerprint density at radius 1 is 0.897 bits per heavy atom. The number of para-hydroxylation sites is 1. The van der Waals surface area contributed by atoms with Crippen molar-refractivity contribution in [1.29, 1.82) is 0 Å². The summed E-state index contributed by atoms with van der Waals surface area (Å²) in [5.74, 6) is 0.781. The fourth-order valence-corrected chi connectivity index (χ4v) is 5.73. The number of nitrogens with zero attached hydrogens (tertiary/aromatic N) is 2. The Balaban J connectivity index is 1.18. The highest BCUT2D eigenvalue weighted by Gasteiger charge is 2.23. The molecule has 0 spiro atoms. The number of likely N-dealkylation sites (tertiary alicyclic amines) is 1. The number of rotatable bonds is 10. The van der Waals surface area contributed by atoms with Gasteiger partial charge in [0.1, 0.15) is 0 Å². The third-order valence-corrected chi connectivity index (χ3v) is 7.92. The highest BCUT2D eigenvalue weighted by atomic mass is 16.2. The second-order valence-electron chi connectivity index (χ2n) is 10.9. The number of nitrogens with one attached hydrogen (secondary N) is 2. The van der Waals surface area contributed by atoms with E-state index in [2.05, 4.69) is 81.2 Å². The van der Waals surface area contributed by atoms with Crippen LogP contribution in [0.4, 0.5) is 10.5 Å². The van der Waals surface area contributed by atoms with Crippen molar-refractivity contribution in [3.63, 3.8) is 0 Å². The lowest BCUT2D eigenvalue weighted by Crippen LogP contribution is -2.47. The number of piperidine rings is 1. The molecule has 1 atom stereocenters. The highest BCUT2D eigenvalue weighted by Crippen LogP contribution is 2.24. The number of fused-ring (bicyclic) bond motifs is 1. The molecule has 5 heteroatoms. The van der Waals surface area contributed by atoms with Crippen molar-refractivity contribution in [3.05, 3.63) is 108 Å². The Morgan fingerprint density at radius 2 is 1.54 bits per heavy atom. The smallest absolute Gasteiger partial charge is 0.319 e. The molecule has 0 saturated carbocycles. The van der Waals surface area contributed by atoms with Gasteiger partial charge in [0.15, 0.2) is 0 Å². The highest BCUT2D eigenvalue weighted by molar-refractivity contribution is 6.00. The zero-order chi connectivity index (χ0) is 26.9. The fraction of sp³-hybridized carbons (Fsp3) is 0.353. The van der Waals surface area contributed by atoms with Crippen molar-refractivity contribution in [2.24, 2.45) is 5.92 Å². The molecule has 3 aromatic carbocycles. The quantitative estimate of drug-likeness (QED) is 0.236. The van der Waals surface area contributed by atoms with Crippen LogP contribution in [-0.4, -0.2) is 41.6 Å². The number of benzene rings is 3. The van der Waals surface area contributed by atoms with E-state index >= 15 is 0 Å². The molecule has 1 aliphatic heterocycles. The number of aryl methyl sites for hydroxylation is 3. The zero-order valence-electron chi connectivity index (χ0n) is 23.0. The third-order valence-electron chi connectivity index (χ3n) is 7.92. The normalized spacial score (nSPS) is 15.2. The topological polar surface area (TPSA) is 57.3 Å². The van der Waals surface area contributed by atoms with Crippen LogP contribution in [0.1, 0.15) is 42.5 Å². The molecule has 2 N–H and O–H groups in total. The number of hydrogen-bond acceptors (Lipinski definition) is 3. The van der Waals surface area contributed by atoms with Crippen LogP contribution in [0.3, 0.4) is 0 Å². The monoisotopic (exact) mass is 520 g/mol. The van der Waals surface area contributed by atoms with Crippen LogP contribution in [-0.2, 0) is 12.8 Å². The molecule has 0 aliphatic carbocycles. The van der Waals surface area contributed by atoms with Gasteiger partial charge in [-0.3, -0.25) is 4.98 Å². The zero-order valence-corrected chi connectivity index (χ0v) is 23.0. The Hall–Kier alpha value is -3.70. The molecule has 0 unspecified atom stereocenters. The van der Waals surface area contributed by atoms with E-state index in [1.807, 2.05) is 37.3 Å². The van der Waals surface area contributed by atoms with E-state index in [1.54, 1.807) is 0 Å². The SMILES string of the molecule is Cc1cc(NC(=O)N[C@@H](CCc2ccccc2)CN2CCC(CCc3ccccc3)CC2)c2ccccc2n1. The number of aromatic nitrogens is 1. The van der Waals surface area contributed by atoms with Gasteiger partial charge in [0.2, 0.25) is 0 Å². The van der Waals surface area contributed by atoms with Gasteiger partial charge in [-0.05, 0) is 87.7 Å². The summed E-state index contributed by atoms with van der Waals surface area (Å²) in [5.41, 5.74) is 5.33. The summed E-state index contributed by atoms with van der Waals surface area (Å²) < 4.78 is 0. The van der Waals surface area contributed by atoms with Crippen molar-refractivity contribution in [2.75, 3.05) is 25.0 Å². The minimum Gasteiger partial charge on any atom is -0.334 e. The summed E-state index contributed by atoms with van der Waals surface area (Å²) in [6, 6.07) is 31.2. The lowest BCUT2D eigenvalue weighted by Gasteiger charge is -2.34. The van der Waals surface area contributed by atoms with Crippen LogP contribution < -0.4 is 10.6 Å². The average molecular weight is 521 g/mol. The maximum atomic E-state index is 13.2. The van der Waals surface area contributed by atoms with E-state index in [1.165, 1.54) is 30.4 Å². The van der Waals surface area contributed by atoms with Crippen LogP contribution in [0.15, 0.2) is 91.0 Å². The second kappa shape index (κ2) is 13.4. The lowest BCUT2D eigenvalue weighted by molar-refractivity contribution is 0.162. The van der Waals surface area contributed by atoms with E-state index in [4.69, 9.17) is 0 Å². The fourth-order valence-electron chi connectivity index (χ4n) is 5.73. The molecule has 0 radical (unpaired) electrons. The van der Waals surface area contributed by atoms with E-state index < -0.39 is 0 Å². The molecule has 0 bridgehead atoms. The first kappa shape index (κ1) is 26.9. The maximum Gasteiger partial charge on any atom is 0.319 e. The Morgan fingerprint density at radius 3 is 2.26 bits per heavy atom. The Kier molecular flexibility index (Phi) is 9.23. The largest absolute Gasteiger partial charge is 0.334 e. The van der Waals surface area contributed by atoms with E-state index in [9.17, 15) is 4.79 Å². The average Bonchev–Trinajstić information content (AvgIpc) is 2.96. The number of carbonyl (C=O) groups excluding carboxylic acids is 1. The van der Waals surface area contributed by atoms with Gasteiger partial charge < -0.3 is 15.5 Å². The predicted molar refractivity (Wildman–Crippen MR) is 161 cm³/mol. The summed E-state index contributed by atoms with van der Waals surface area (Å²) in [7, 11) is 0. The molecular weight excluding hydrogens is 480 g/mol. The first-order valence-corrected chi connectivity index (χ1v) is 14.4. The standard InChI is InChI=1S/C34H40N4O/c1-26-24-33(31-14-8-9-15-32(31)35-26)37-34(39)36-30(19-18-28-12-6-3-7-13-28)25-38-22-20-29(21-23-38)17-16-27-10-4-2-5-11-27/h2-15,24,29-30H,16-23,25H2,1H3,(H2,35,36,37,39)/t30-/m0/s1. The summed E-state index contributed by atoms with van der Waals surface area (Å²) in [5, 5.41) is 7.39. The molecule has 2 amide bonds. The summed E-state index contributed by atoms with van der Waals surface area (Å²) in [6.45, 7) is 5.03. The van der Waals surface area contributed by atoms with Gasteiger partial charge in [0, 0.05) is 23.7 Å². The Bertz CT molecular complexity index is 1330. The van der Waals surface area contributed by atoms with E-state index in [0.717, 1.165) is 67.1 Å². The molecular formula is C34H40N4O. The van der Waals surface area contributed by atoms with Gasteiger partial charge in [-0.2, -0.15) is 0 Å². The number of pyridine rings is 1. The van der Waals surface area contributed by atoms with Gasteiger partial charge in [-0.1, -0.05) is 78.9 Å². The third kappa shape index (κ3) is 7.90. The molecule has 1 aliphatic rings. The second-order valence-corrected chi connectivity index (χ2v) is 10.9. The molecule has 2 heterocycles. The number of amides is 2. The molecule has 202 valence electrons. The minimum absolute atomic E-state index is 0.0697. The molecule has 5 rings (SSSR count). The van der Waals surface area contributed by atoms with Crippen molar-refractivity contribution in [2.45, 2.75) is 51.5 Å². The van der Waals surface area contributed by atoms with Crippen LogP contribution >= 0.6 is 0 Å². The molecule has 4 aromatic rings. The van der Waals surface area contributed by atoms with Gasteiger partial charge in [0.05, 0.1) is 11.2 Å². The first-order chi connectivity index (χ1) is 19.1. The Labute approximate surface area is 232 Å². The van der Waals surface area contributed by atoms with E-state index in [0.29, 0.717) is 0 Å². The van der Waals surface area contributed by atoms with Gasteiger partial charge in [0.25, 0.3) is 0 Å². The maximum absolute atomic E-state index is 13.2. The van der Waals surface area contributed by atoms with Gasteiger partial charge >= 0.3 is 6.03 Å². The molecule has 39 heavy (non-hydrogen) atoms. The number of hydrogen-bond donors (Lipinski definition) is 2. The molecule has 1 saturated heterocycles. The van der Waals surface area contributed by atoms with Crippen LogP contribution in [0.2, 0.25) is 0 Å². The van der Waals surface area contributed by atoms with E-state index in [-0.39, 0.29) is 12.1 Å². The predicted octanol–water partition coefficient (Wildman–Crippen LogP) is 7.01. The van der Waals surface area contributed by atoms with Crippen molar-refractivity contribution >= 4 is 22.6 Å². The summed E-state index contributed by atoms with van der Waals surface area (Å²) in [6.07, 6.45) is 6.73. The van der Waals surface area contributed by atoms with Crippen molar-refractivity contribution < 1.29 is 4.79 Å². The van der Waals surface area contributed by atoms with Crippen molar-refractivity contribution in [3.8, 4) is 0 Å². The lowest BCUT2D eigenvalue weighted by atomic mass is 9.90. The number of urea groups is 1. The summed E-state index contributed by atoms with van der Waals surface area (Å²) >= 11 is 0. The van der Waals surface area contributed by atoms with Crippen LogP contribution in [0.25, 0.3) is 10.9 Å². The number of carbonyl (C=O) groups is 1. The molecule has 1 fully saturated rings. The van der Waals surface area contributed by atoms with Crippen LogP contribution in [0, 0.1) is 12.8 Å². The number of anilines is 1. The minimum atomic E-state index is -0.151.